The van der Waals surface area contributed by atoms with Gasteiger partial charge in [-0.05, 0) is 43.0 Å². The van der Waals surface area contributed by atoms with Crippen molar-refractivity contribution in [2.24, 2.45) is 0 Å². The molecule has 0 aliphatic heterocycles. The van der Waals surface area contributed by atoms with Crippen LogP contribution in [0.4, 0.5) is 0 Å². The van der Waals surface area contributed by atoms with Crippen LogP contribution in [-0.2, 0) is 5.88 Å². The zero-order valence-corrected chi connectivity index (χ0v) is 10.1. The third-order valence-corrected chi connectivity index (χ3v) is 3.76. The van der Waals surface area contributed by atoms with Crippen LogP contribution in [-0.4, -0.2) is 0 Å². The molecular formula is C10H11Cl3. The van der Waals surface area contributed by atoms with E-state index in [1.165, 1.54) is 0 Å². The summed E-state index contributed by atoms with van der Waals surface area (Å²) in [4.78, 5) is 0. The molecule has 0 spiro atoms. The van der Waals surface area contributed by atoms with E-state index in [9.17, 15) is 0 Å². The molecule has 0 radical (unpaired) electrons. The molecule has 0 saturated heterocycles. The third kappa shape index (κ3) is 1.81. The van der Waals surface area contributed by atoms with Gasteiger partial charge in [0, 0.05) is 15.9 Å². The molecule has 0 aliphatic rings. The average molecular weight is 238 g/mol. The quantitative estimate of drug-likeness (QED) is 0.623. The summed E-state index contributed by atoms with van der Waals surface area (Å²) in [7, 11) is 0. The van der Waals surface area contributed by atoms with Gasteiger partial charge in [-0.3, -0.25) is 0 Å². The lowest BCUT2D eigenvalue weighted by Gasteiger charge is -2.13. The first kappa shape index (κ1) is 11.2. The topological polar surface area (TPSA) is 0 Å². The van der Waals surface area contributed by atoms with Gasteiger partial charge in [-0.15, -0.1) is 11.6 Å². The van der Waals surface area contributed by atoms with E-state index in [1.807, 2.05) is 20.8 Å². The zero-order chi connectivity index (χ0) is 10.2. The fourth-order valence-corrected chi connectivity index (χ4v) is 2.27. The minimum absolute atomic E-state index is 0.456. The highest BCUT2D eigenvalue weighted by Gasteiger charge is 2.13. The molecule has 0 heterocycles. The summed E-state index contributed by atoms with van der Waals surface area (Å²) in [6.07, 6.45) is 0. The van der Waals surface area contributed by atoms with Gasteiger partial charge in [0.25, 0.3) is 0 Å². The van der Waals surface area contributed by atoms with Crippen LogP contribution in [0.2, 0.25) is 10.0 Å². The van der Waals surface area contributed by atoms with Gasteiger partial charge in [-0.1, -0.05) is 23.2 Å². The summed E-state index contributed by atoms with van der Waals surface area (Å²) in [5, 5.41) is 1.46. The first-order chi connectivity index (χ1) is 6.00. The normalized spacial score (nSPS) is 10.6. The van der Waals surface area contributed by atoms with Gasteiger partial charge in [0.05, 0.1) is 0 Å². The summed E-state index contributed by atoms with van der Waals surface area (Å²) in [6, 6.07) is 0. The molecule has 0 unspecified atom stereocenters. The second-order valence-corrected chi connectivity index (χ2v) is 4.14. The molecule has 13 heavy (non-hydrogen) atoms. The Labute approximate surface area is 93.8 Å². The average Bonchev–Trinajstić information content (AvgIpc) is 2.13. The van der Waals surface area contributed by atoms with Crippen molar-refractivity contribution in [1.82, 2.24) is 0 Å². The van der Waals surface area contributed by atoms with Crippen LogP contribution in [0.3, 0.4) is 0 Å². The standard InChI is InChI=1S/C10H11Cl3/c1-5-8(4-11)6(2)10(13)7(3)9(5)12/h4H2,1-3H3. The summed E-state index contributed by atoms with van der Waals surface area (Å²) in [6.45, 7) is 5.86. The third-order valence-electron chi connectivity index (χ3n) is 2.36. The van der Waals surface area contributed by atoms with Gasteiger partial charge >= 0.3 is 0 Å². The summed E-state index contributed by atoms with van der Waals surface area (Å²) >= 11 is 18.0. The number of benzene rings is 1. The fraction of sp³-hybridized carbons (Fsp3) is 0.400. The molecule has 3 heteroatoms. The molecule has 0 aliphatic carbocycles. The van der Waals surface area contributed by atoms with E-state index in [0.29, 0.717) is 5.88 Å². The van der Waals surface area contributed by atoms with Crippen molar-refractivity contribution < 1.29 is 0 Å². The smallest absolute Gasteiger partial charge is 0.0482 e. The van der Waals surface area contributed by atoms with Crippen molar-refractivity contribution in [1.29, 1.82) is 0 Å². The molecule has 0 aromatic heterocycles. The van der Waals surface area contributed by atoms with Gasteiger partial charge < -0.3 is 0 Å². The highest BCUT2D eigenvalue weighted by atomic mass is 35.5. The maximum absolute atomic E-state index is 6.10. The van der Waals surface area contributed by atoms with Crippen molar-refractivity contribution in [3.8, 4) is 0 Å². The number of hydrogen-bond acceptors (Lipinski definition) is 0. The molecule has 0 N–H and O–H groups in total. The van der Waals surface area contributed by atoms with E-state index in [4.69, 9.17) is 34.8 Å². The Balaban J connectivity index is 3.56. The largest absolute Gasteiger partial charge is 0.122 e. The first-order valence-electron chi connectivity index (χ1n) is 4.00. The molecule has 0 amide bonds. The SMILES string of the molecule is Cc1c(Cl)c(C)c(CCl)c(C)c1Cl. The highest BCUT2D eigenvalue weighted by Crippen LogP contribution is 2.34. The van der Waals surface area contributed by atoms with Crippen molar-refractivity contribution >= 4 is 34.8 Å². The van der Waals surface area contributed by atoms with Crippen molar-refractivity contribution in [2.45, 2.75) is 26.7 Å². The Morgan fingerprint density at radius 3 is 1.54 bits per heavy atom. The van der Waals surface area contributed by atoms with Crippen LogP contribution in [0.1, 0.15) is 22.3 Å². The molecule has 0 saturated carbocycles. The van der Waals surface area contributed by atoms with E-state index in [0.717, 1.165) is 32.3 Å². The molecule has 72 valence electrons. The summed E-state index contributed by atoms with van der Waals surface area (Å²) in [5.41, 5.74) is 4.06. The molecule has 0 nitrogen and oxygen atoms in total. The first-order valence-corrected chi connectivity index (χ1v) is 5.29. The Bertz CT molecular complexity index is 314. The van der Waals surface area contributed by atoms with Crippen molar-refractivity contribution in [2.75, 3.05) is 0 Å². The van der Waals surface area contributed by atoms with E-state index in [-0.39, 0.29) is 0 Å². The lowest BCUT2D eigenvalue weighted by Crippen LogP contribution is -1.95. The van der Waals surface area contributed by atoms with E-state index in [1.54, 1.807) is 0 Å². The summed E-state index contributed by atoms with van der Waals surface area (Å²) in [5.74, 6) is 0.456. The van der Waals surface area contributed by atoms with Crippen LogP contribution in [0, 0.1) is 20.8 Å². The highest BCUT2D eigenvalue weighted by molar-refractivity contribution is 6.37. The molecule has 0 bridgehead atoms. The number of rotatable bonds is 1. The van der Waals surface area contributed by atoms with E-state index in [2.05, 4.69) is 0 Å². The Morgan fingerprint density at radius 2 is 1.23 bits per heavy atom. The monoisotopic (exact) mass is 236 g/mol. The van der Waals surface area contributed by atoms with Gasteiger partial charge in [0.1, 0.15) is 0 Å². The van der Waals surface area contributed by atoms with Gasteiger partial charge in [-0.2, -0.15) is 0 Å². The molecule has 1 rings (SSSR count). The van der Waals surface area contributed by atoms with Crippen LogP contribution in [0.5, 0.6) is 0 Å². The minimum atomic E-state index is 0.456. The van der Waals surface area contributed by atoms with Gasteiger partial charge in [-0.25, -0.2) is 0 Å². The minimum Gasteiger partial charge on any atom is -0.122 e. The van der Waals surface area contributed by atoms with E-state index >= 15 is 0 Å². The molecule has 0 fully saturated rings. The predicted octanol–water partition coefficient (Wildman–Crippen LogP) is 4.66. The van der Waals surface area contributed by atoms with Crippen LogP contribution in [0.15, 0.2) is 0 Å². The second-order valence-electron chi connectivity index (χ2n) is 3.12. The summed E-state index contributed by atoms with van der Waals surface area (Å²) < 4.78 is 0. The Morgan fingerprint density at radius 1 is 0.846 bits per heavy atom. The maximum Gasteiger partial charge on any atom is 0.0482 e. The predicted molar refractivity (Wildman–Crippen MR) is 60.2 cm³/mol. The van der Waals surface area contributed by atoms with Crippen LogP contribution < -0.4 is 0 Å². The maximum atomic E-state index is 6.10. The van der Waals surface area contributed by atoms with Gasteiger partial charge in [0.15, 0.2) is 0 Å². The van der Waals surface area contributed by atoms with Crippen LogP contribution >= 0.6 is 34.8 Å². The molecule has 0 atom stereocenters. The van der Waals surface area contributed by atoms with E-state index < -0.39 is 0 Å². The Kier molecular flexibility index (Phi) is 3.50. The second kappa shape index (κ2) is 4.08. The van der Waals surface area contributed by atoms with Crippen molar-refractivity contribution in [3.05, 3.63) is 32.3 Å². The number of hydrogen-bond donors (Lipinski definition) is 0. The molecular weight excluding hydrogens is 226 g/mol. The Hall–Kier alpha value is 0.0900. The number of alkyl halides is 1. The molecule has 1 aromatic rings. The fourth-order valence-electron chi connectivity index (χ4n) is 1.41. The number of halogens is 3. The lowest BCUT2D eigenvalue weighted by molar-refractivity contribution is 1.21. The van der Waals surface area contributed by atoms with Crippen molar-refractivity contribution in [3.63, 3.8) is 0 Å². The molecule has 1 aromatic carbocycles. The lowest BCUT2D eigenvalue weighted by atomic mass is 10.0. The van der Waals surface area contributed by atoms with Crippen LogP contribution in [0.25, 0.3) is 0 Å². The zero-order valence-electron chi connectivity index (χ0n) is 7.84. The van der Waals surface area contributed by atoms with Gasteiger partial charge in [0.2, 0.25) is 0 Å².